The molecule has 0 saturated heterocycles. The second kappa shape index (κ2) is 6.44. The SMILES string of the molecule is CCC1CCC(CNc2nc(C)cn2C(C)C)CC1. The summed E-state index contributed by atoms with van der Waals surface area (Å²) in [6.45, 7) is 9.89. The van der Waals surface area contributed by atoms with Crippen LogP contribution in [0.25, 0.3) is 0 Å². The molecule has 1 aliphatic carbocycles. The number of nitrogens with zero attached hydrogens (tertiary/aromatic N) is 2. The van der Waals surface area contributed by atoms with E-state index in [1.165, 1.54) is 32.1 Å². The molecule has 1 aliphatic rings. The Hall–Kier alpha value is -0.990. The quantitative estimate of drug-likeness (QED) is 0.853. The summed E-state index contributed by atoms with van der Waals surface area (Å²) in [6, 6.07) is 0.472. The highest BCUT2D eigenvalue weighted by atomic mass is 15.2. The predicted molar refractivity (Wildman–Crippen MR) is 81.6 cm³/mol. The average Bonchev–Trinajstić information content (AvgIpc) is 2.78. The van der Waals surface area contributed by atoms with Gasteiger partial charge in [0, 0.05) is 18.8 Å². The second-order valence-corrected chi connectivity index (χ2v) is 6.38. The molecule has 108 valence electrons. The highest BCUT2D eigenvalue weighted by Gasteiger charge is 2.20. The molecule has 1 aromatic rings. The van der Waals surface area contributed by atoms with Crippen LogP contribution in [0.15, 0.2) is 6.20 Å². The van der Waals surface area contributed by atoms with Gasteiger partial charge in [0.25, 0.3) is 0 Å². The van der Waals surface area contributed by atoms with E-state index in [0.717, 1.165) is 30.0 Å². The van der Waals surface area contributed by atoms with Gasteiger partial charge in [0.05, 0.1) is 5.69 Å². The Morgan fingerprint density at radius 1 is 1.26 bits per heavy atom. The fraction of sp³-hybridized carbons (Fsp3) is 0.812. The van der Waals surface area contributed by atoms with Gasteiger partial charge in [-0.3, -0.25) is 0 Å². The Bertz CT molecular complexity index is 387. The molecule has 1 fully saturated rings. The number of nitrogens with one attached hydrogen (secondary N) is 1. The number of anilines is 1. The van der Waals surface area contributed by atoms with Gasteiger partial charge in [-0.15, -0.1) is 0 Å². The van der Waals surface area contributed by atoms with Crippen molar-refractivity contribution in [2.45, 2.75) is 65.8 Å². The standard InChI is InChI=1S/C16H29N3/c1-5-14-6-8-15(9-7-14)10-17-16-18-13(4)11-19(16)12(2)3/h11-12,14-15H,5-10H2,1-4H3,(H,17,18). The minimum Gasteiger partial charge on any atom is -0.355 e. The van der Waals surface area contributed by atoms with Crippen molar-refractivity contribution in [1.82, 2.24) is 9.55 Å². The summed E-state index contributed by atoms with van der Waals surface area (Å²) >= 11 is 0. The van der Waals surface area contributed by atoms with Crippen LogP contribution in [-0.4, -0.2) is 16.1 Å². The van der Waals surface area contributed by atoms with Crippen LogP contribution in [0.4, 0.5) is 5.95 Å². The van der Waals surface area contributed by atoms with Crippen molar-refractivity contribution in [1.29, 1.82) is 0 Å². The Morgan fingerprint density at radius 3 is 2.47 bits per heavy atom. The van der Waals surface area contributed by atoms with Crippen molar-refractivity contribution in [2.75, 3.05) is 11.9 Å². The zero-order valence-electron chi connectivity index (χ0n) is 12.9. The van der Waals surface area contributed by atoms with E-state index in [9.17, 15) is 0 Å². The first kappa shape index (κ1) is 14.4. The first-order valence-electron chi connectivity index (χ1n) is 7.89. The Kier molecular flexibility index (Phi) is 4.89. The van der Waals surface area contributed by atoms with Crippen molar-refractivity contribution >= 4 is 5.95 Å². The van der Waals surface area contributed by atoms with Crippen molar-refractivity contribution in [3.8, 4) is 0 Å². The lowest BCUT2D eigenvalue weighted by Gasteiger charge is -2.28. The molecule has 0 radical (unpaired) electrons. The van der Waals surface area contributed by atoms with Crippen LogP contribution >= 0.6 is 0 Å². The fourth-order valence-corrected chi connectivity index (χ4v) is 3.12. The Morgan fingerprint density at radius 2 is 1.89 bits per heavy atom. The van der Waals surface area contributed by atoms with Gasteiger partial charge in [-0.2, -0.15) is 0 Å². The summed E-state index contributed by atoms with van der Waals surface area (Å²) in [6.07, 6.45) is 9.10. The van der Waals surface area contributed by atoms with E-state index in [2.05, 4.69) is 48.8 Å². The molecule has 0 aromatic carbocycles. The fourth-order valence-electron chi connectivity index (χ4n) is 3.12. The van der Waals surface area contributed by atoms with Crippen molar-refractivity contribution < 1.29 is 0 Å². The third kappa shape index (κ3) is 3.74. The number of imidazole rings is 1. The highest BCUT2D eigenvalue weighted by molar-refractivity contribution is 5.29. The third-order valence-electron chi connectivity index (χ3n) is 4.50. The summed E-state index contributed by atoms with van der Waals surface area (Å²) in [5.41, 5.74) is 1.10. The third-order valence-corrected chi connectivity index (χ3v) is 4.50. The number of aryl methyl sites for hydroxylation is 1. The van der Waals surface area contributed by atoms with Gasteiger partial charge >= 0.3 is 0 Å². The molecule has 1 N–H and O–H groups in total. The van der Waals surface area contributed by atoms with Crippen LogP contribution in [0.3, 0.4) is 0 Å². The van der Waals surface area contributed by atoms with E-state index in [-0.39, 0.29) is 0 Å². The van der Waals surface area contributed by atoms with Gasteiger partial charge in [0.2, 0.25) is 5.95 Å². The molecular weight excluding hydrogens is 234 g/mol. The van der Waals surface area contributed by atoms with Crippen molar-refractivity contribution in [3.05, 3.63) is 11.9 Å². The Labute approximate surface area is 117 Å². The summed E-state index contributed by atoms with van der Waals surface area (Å²) in [7, 11) is 0. The minimum absolute atomic E-state index is 0.472. The van der Waals surface area contributed by atoms with Crippen molar-refractivity contribution in [2.24, 2.45) is 11.8 Å². The maximum atomic E-state index is 4.60. The van der Waals surface area contributed by atoms with Gasteiger partial charge < -0.3 is 9.88 Å². The number of aromatic nitrogens is 2. The molecule has 0 unspecified atom stereocenters. The van der Waals surface area contributed by atoms with Crippen LogP contribution in [0.2, 0.25) is 0 Å². The Balaban J connectivity index is 1.86. The highest BCUT2D eigenvalue weighted by Crippen LogP contribution is 2.30. The zero-order chi connectivity index (χ0) is 13.8. The van der Waals surface area contributed by atoms with Gasteiger partial charge in [0.1, 0.15) is 0 Å². The maximum absolute atomic E-state index is 4.60. The molecule has 1 heterocycles. The molecule has 1 saturated carbocycles. The van der Waals surface area contributed by atoms with Crippen LogP contribution in [0, 0.1) is 18.8 Å². The topological polar surface area (TPSA) is 29.9 Å². The zero-order valence-corrected chi connectivity index (χ0v) is 12.9. The molecule has 0 amide bonds. The van der Waals surface area contributed by atoms with E-state index in [4.69, 9.17) is 0 Å². The summed E-state index contributed by atoms with van der Waals surface area (Å²) in [5, 5.41) is 3.57. The molecule has 0 bridgehead atoms. The van der Waals surface area contributed by atoms with E-state index in [1.54, 1.807) is 0 Å². The smallest absolute Gasteiger partial charge is 0.203 e. The van der Waals surface area contributed by atoms with Crippen LogP contribution < -0.4 is 5.32 Å². The molecule has 0 aliphatic heterocycles. The molecule has 2 rings (SSSR count). The molecule has 3 heteroatoms. The molecule has 0 spiro atoms. The first-order chi connectivity index (χ1) is 9.10. The minimum atomic E-state index is 0.472. The van der Waals surface area contributed by atoms with E-state index in [1.807, 2.05) is 0 Å². The average molecular weight is 263 g/mol. The van der Waals surface area contributed by atoms with Gasteiger partial charge in [-0.1, -0.05) is 26.2 Å². The molecule has 3 nitrogen and oxygen atoms in total. The lowest BCUT2D eigenvalue weighted by molar-refractivity contribution is 0.278. The van der Waals surface area contributed by atoms with Crippen LogP contribution in [0.5, 0.6) is 0 Å². The predicted octanol–water partition coefficient (Wildman–Crippen LogP) is 4.40. The van der Waals surface area contributed by atoms with E-state index < -0.39 is 0 Å². The molecule has 1 aromatic heterocycles. The van der Waals surface area contributed by atoms with Gasteiger partial charge in [0.15, 0.2) is 0 Å². The molecule has 0 atom stereocenters. The summed E-state index contributed by atoms with van der Waals surface area (Å²) in [4.78, 5) is 4.60. The number of hydrogen-bond donors (Lipinski definition) is 1. The summed E-state index contributed by atoms with van der Waals surface area (Å²) in [5.74, 6) is 2.86. The number of hydrogen-bond acceptors (Lipinski definition) is 2. The number of rotatable bonds is 5. The summed E-state index contributed by atoms with van der Waals surface area (Å²) < 4.78 is 2.24. The largest absolute Gasteiger partial charge is 0.355 e. The van der Waals surface area contributed by atoms with E-state index >= 15 is 0 Å². The molecule has 19 heavy (non-hydrogen) atoms. The van der Waals surface area contributed by atoms with Crippen LogP contribution in [-0.2, 0) is 0 Å². The lowest BCUT2D eigenvalue weighted by Crippen LogP contribution is -2.22. The van der Waals surface area contributed by atoms with E-state index in [0.29, 0.717) is 6.04 Å². The van der Waals surface area contributed by atoms with Crippen molar-refractivity contribution in [3.63, 3.8) is 0 Å². The second-order valence-electron chi connectivity index (χ2n) is 6.38. The molecular formula is C16H29N3. The maximum Gasteiger partial charge on any atom is 0.203 e. The lowest BCUT2D eigenvalue weighted by atomic mass is 9.81. The van der Waals surface area contributed by atoms with Crippen LogP contribution in [0.1, 0.15) is 64.6 Å². The first-order valence-corrected chi connectivity index (χ1v) is 7.89. The monoisotopic (exact) mass is 263 g/mol. The van der Waals surface area contributed by atoms with Gasteiger partial charge in [-0.25, -0.2) is 4.98 Å². The normalized spacial score (nSPS) is 23.8. The van der Waals surface area contributed by atoms with Gasteiger partial charge in [-0.05, 0) is 45.4 Å².